The van der Waals surface area contributed by atoms with E-state index in [0.717, 1.165) is 11.5 Å². The molecule has 17 heavy (non-hydrogen) atoms. The number of allylic oxidation sites excluding steroid dienone is 1. The van der Waals surface area contributed by atoms with Gasteiger partial charge in [0, 0.05) is 5.41 Å². The van der Waals surface area contributed by atoms with Crippen molar-refractivity contribution in [1.29, 1.82) is 0 Å². The van der Waals surface area contributed by atoms with E-state index in [2.05, 4.69) is 0 Å². The first kappa shape index (κ1) is 11.7. The summed E-state index contributed by atoms with van der Waals surface area (Å²) in [5, 5.41) is 0.875. The number of methoxy groups -OCH3 is 2. The summed E-state index contributed by atoms with van der Waals surface area (Å²) in [5.41, 5.74) is 0.0225. The van der Waals surface area contributed by atoms with Crippen molar-refractivity contribution < 1.29 is 22.7 Å². The number of carbonyl (C=O) groups is 1. The van der Waals surface area contributed by atoms with Gasteiger partial charge < -0.3 is 9.47 Å². The summed E-state index contributed by atoms with van der Waals surface area (Å²) in [6, 6.07) is 2.96. The summed E-state index contributed by atoms with van der Waals surface area (Å²) < 4.78 is 33.8. The molecule has 0 atom stereocenters. The lowest BCUT2D eigenvalue weighted by atomic mass is 10.1. The van der Waals surface area contributed by atoms with Crippen LogP contribution in [0.15, 0.2) is 28.5 Å². The van der Waals surface area contributed by atoms with Crippen molar-refractivity contribution >= 4 is 15.6 Å². The molecular formula is C11H10O5S. The Labute approximate surface area is 98.6 Å². The van der Waals surface area contributed by atoms with Crippen molar-refractivity contribution in [2.45, 2.75) is 4.90 Å². The van der Waals surface area contributed by atoms with Gasteiger partial charge in [0.25, 0.3) is 0 Å². The van der Waals surface area contributed by atoms with Gasteiger partial charge in [0.15, 0.2) is 5.78 Å². The van der Waals surface area contributed by atoms with Crippen LogP contribution in [0.4, 0.5) is 0 Å². The topological polar surface area (TPSA) is 69.7 Å². The summed E-state index contributed by atoms with van der Waals surface area (Å²) in [6.07, 6.45) is 1.01. The third kappa shape index (κ3) is 1.70. The number of hydrogen-bond donors (Lipinski definition) is 0. The predicted octanol–water partition coefficient (Wildman–Crippen LogP) is 1.19. The Bertz CT molecular complexity index is 613. The van der Waals surface area contributed by atoms with E-state index in [1.165, 1.54) is 26.4 Å². The molecule has 0 spiro atoms. The number of fused-ring (bicyclic) bond motifs is 1. The Kier molecular flexibility index (Phi) is 2.66. The maximum Gasteiger partial charge on any atom is 0.204 e. The average Bonchev–Trinajstić information content (AvgIpc) is 2.32. The standard InChI is InChI=1S/C11H10O5S/c1-15-8-3-4-9(16-2)11-10(8)7(12)5-6-17(11,13)14/h3-6H,1-2H3. The molecule has 1 aromatic rings. The summed E-state index contributed by atoms with van der Waals surface area (Å²) in [7, 11) is -0.934. The highest BCUT2D eigenvalue weighted by molar-refractivity contribution is 7.94. The first-order chi connectivity index (χ1) is 8.01. The lowest BCUT2D eigenvalue weighted by Gasteiger charge is -2.16. The van der Waals surface area contributed by atoms with E-state index >= 15 is 0 Å². The number of ether oxygens (including phenoxy) is 2. The molecule has 1 aliphatic heterocycles. The van der Waals surface area contributed by atoms with E-state index in [9.17, 15) is 13.2 Å². The van der Waals surface area contributed by atoms with Crippen molar-refractivity contribution in [3.8, 4) is 11.5 Å². The van der Waals surface area contributed by atoms with E-state index in [4.69, 9.17) is 9.47 Å². The number of sulfone groups is 1. The number of hydrogen-bond acceptors (Lipinski definition) is 5. The van der Waals surface area contributed by atoms with Crippen LogP contribution in [0.25, 0.3) is 0 Å². The van der Waals surface area contributed by atoms with Gasteiger partial charge in [-0.15, -0.1) is 0 Å². The van der Waals surface area contributed by atoms with Crippen molar-refractivity contribution in [3.63, 3.8) is 0 Å². The minimum atomic E-state index is -3.66. The molecule has 0 aliphatic carbocycles. The van der Waals surface area contributed by atoms with Gasteiger partial charge in [-0.25, -0.2) is 8.42 Å². The molecule has 0 saturated heterocycles. The Morgan fingerprint density at radius 2 is 1.65 bits per heavy atom. The number of ketones is 1. The summed E-state index contributed by atoms with van der Waals surface area (Å²) in [4.78, 5) is 11.6. The quantitative estimate of drug-likeness (QED) is 0.792. The van der Waals surface area contributed by atoms with Crippen LogP contribution in [0.1, 0.15) is 10.4 Å². The molecule has 0 aromatic heterocycles. The second-order valence-corrected chi connectivity index (χ2v) is 5.16. The first-order valence-electron chi connectivity index (χ1n) is 4.73. The molecule has 6 heteroatoms. The third-order valence-electron chi connectivity index (χ3n) is 2.45. The molecule has 1 heterocycles. The number of carbonyl (C=O) groups excluding carboxylic acids is 1. The zero-order valence-corrected chi connectivity index (χ0v) is 10.1. The molecule has 0 N–H and O–H groups in total. The number of benzene rings is 1. The van der Waals surface area contributed by atoms with Crippen LogP contribution in [0.2, 0.25) is 0 Å². The number of rotatable bonds is 2. The highest BCUT2D eigenvalue weighted by Crippen LogP contribution is 2.37. The van der Waals surface area contributed by atoms with Crippen molar-refractivity contribution in [1.82, 2.24) is 0 Å². The van der Waals surface area contributed by atoms with Crippen molar-refractivity contribution in [3.05, 3.63) is 29.2 Å². The van der Waals surface area contributed by atoms with Crippen LogP contribution in [-0.2, 0) is 9.84 Å². The second-order valence-electron chi connectivity index (χ2n) is 3.39. The van der Waals surface area contributed by atoms with E-state index in [-0.39, 0.29) is 22.0 Å². The molecule has 0 bridgehead atoms. The molecule has 0 unspecified atom stereocenters. The van der Waals surface area contributed by atoms with Crippen LogP contribution in [0.5, 0.6) is 11.5 Å². The molecule has 0 saturated carbocycles. The van der Waals surface area contributed by atoms with Gasteiger partial charge in [0.05, 0.1) is 19.8 Å². The normalized spacial score (nSPS) is 16.5. The van der Waals surface area contributed by atoms with E-state index in [1.807, 2.05) is 0 Å². The van der Waals surface area contributed by atoms with Crippen LogP contribution in [0, 0.1) is 0 Å². The molecule has 1 aromatic carbocycles. The Balaban J connectivity index is 2.89. The van der Waals surface area contributed by atoms with Crippen LogP contribution in [0.3, 0.4) is 0 Å². The molecule has 1 aliphatic rings. The van der Waals surface area contributed by atoms with Gasteiger partial charge in [-0.1, -0.05) is 0 Å². The zero-order chi connectivity index (χ0) is 12.6. The third-order valence-corrected chi connectivity index (χ3v) is 3.92. The fourth-order valence-corrected chi connectivity index (χ4v) is 3.05. The van der Waals surface area contributed by atoms with E-state index in [0.29, 0.717) is 0 Å². The van der Waals surface area contributed by atoms with Crippen LogP contribution < -0.4 is 9.47 Å². The molecule has 5 nitrogen and oxygen atoms in total. The van der Waals surface area contributed by atoms with Gasteiger partial charge in [-0.2, -0.15) is 0 Å². The minimum absolute atomic E-state index is 0.0225. The summed E-state index contributed by atoms with van der Waals surface area (Å²) in [6.45, 7) is 0. The maximum atomic E-state index is 11.9. The van der Waals surface area contributed by atoms with Gasteiger partial charge in [-0.3, -0.25) is 4.79 Å². The molecular weight excluding hydrogens is 244 g/mol. The summed E-state index contributed by atoms with van der Waals surface area (Å²) >= 11 is 0. The largest absolute Gasteiger partial charge is 0.496 e. The first-order valence-corrected chi connectivity index (χ1v) is 6.28. The predicted molar refractivity (Wildman–Crippen MR) is 60.2 cm³/mol. The lowest BCUT2D eigenvalue weighted by Crippen LogP contribution is -2.14. The molecule has 2 rings (SSSR count). The van der Waals surface area contributed by atoms with Gasteiger partial charge >= 0.3 is 0 Å². The van der Waals surface area contributed by atoms with Crippen molar-refractivity contribution in [2.75, 3.05) is 14.2 Å². The highest BCUT2D eigenvalue weighted by Gasteiger charge is 2.31. The van der Waals surface area contributed by atoms with E-state index in [1.54, 1.807) is 0 Å². The van der Waals surface area contributed by atoms with E-state index < -0.39 is 15.6 Å². The minimum Gasteiger partial charge on any atom is -0.496 e. The Morgan fingerprint density at radius 3 is 2.24 bits per heavy atom. The molecule has 0 amide bonds. The smallest absolute Gasteiger partial charge is 0.204 e. The molecule has 90 valence electrons. The van der Waals surface area contributed by atoms with Crippen molar-refractivity contribution in [2.24, 2.45) is 0 Å². The maximum absolute atomic E-state index is 11.9. The Morgan fingerprint density at radius 1 is 1.06 bits per heavy atom. The van der Waals surface area contributed by atoms with Crippen LogP contribution in [-0.4, -0.2) is 28.4 Å². The molecule has 0 radical (unpaired) electrons. The highest BCUT2D eigenvalue weighted by atomic mass is 32.2. The van der Waals surface area contributed by atoms with Gasteiger partial charge in [0.2, 0.25) is 9.84 Å². The Hall–Kier alpha value is -1.82. The van der Waals surface area contributed by atoms with Gasteiger partial charge in [0.1, 0.15) is 16.4 Å². The average molecular weight is 254 g/mol. The summed E-state index contributed by atoms with van der Waals surface area (Å²) in [5.74, 6) is -0.0530. The lowest BCUT2D eigenvalue weighted by molar-refractivity contribution is 0.103. The molecule has 0 fully saturated rings. The fourth-order valence-electron chi connectivity index (χ4n) is 1.69. The SMILES string of the molecule is COc1ccc(OC)c2c1C(=O)C=CS2(=O)=O. The fraction of sp³-hybridized carbons (Fsp3) is 0.182. The van der Waals surface area contributed by atoms with Crippen LogP contribution >= 0.6 is 0 Å². The zero-order valence-electron chi connectivity index (χ0n) is 9.26. The second kappa shape index (κ2) is 3.89. The van der Waals surface area contributed by atoms with Gasteiger partial charge in [-0.05, 0) is 18.2 Å². The monoisotopic (exact) mass is 254 g/mol.